The predicted octanol–water partition coefficient (Wildman–Crippen LogP) is -1.21. The summed E-state index contributed by atoms with van der Waals surface area (Å²) in [6, 6.07) is -0.242. The van der Waals surface area contributed by atoms with E-state index in [0.29, 0.717) is 6.04 Å². The SMILES string of the molecule is CC(NC(=O)CN(C)CC(=O)NC1CC1)C(=O)N(C)C. The Balaban J connectivity index is 2.26. The molecule has 7 nitrogen and oxygen atoms in total. The molecule has 3 amide bonds. The van der Waals surface area contributed by atoms with Gasteiger partial charge in [-0.2, -0.15) is 0 Å². The van der Waals surface area contributed by atoms with Crippen molar-refractivity contribution in [2.75, 3.05) is 34.2 Å². The third-order valence-corrected chi connectivity index (χ3v) is 2.96. The highest BCUT2D eigenvalue weighted by Crippen LogP contribution is 2.18. The van der Waals surface area contributed by atoms with E-state index in [2.05, 4.69) is 10.6 Å². The first-order valence-corrected chi connectivity index (χ1v) is 6.78. The maximum atomic E-state index is 11.8. The minimum Gasteiger partial charge on any atom is -0.352 e. The van der Waals surface area contributed by atoms with Crippen LogP contribution in [0.2, 0.25) is 0 Å². The van der Waals surface area contributed by atoms with Gasteiger partial charge in [0, 0.05) is 20.1 Å². The Morgan fingerprint density at radius 1 is 1.10 bits per heavy atom. The van der Waals surface area contributed by atoms with Gasteiger partial charge >= 0.3 is 0 Å². The zero-order valence-electron chi connectivity index (χ0n) is 12.6. The minimum absolute atomic E-state index is 0.0692. The van der Waals surface area contributed by atoms with E-state index < -0.39 is 6.04 Å². The van der Waals surface area contributed by atoms with Crippen LogP contribution in [-0.4, -0.2) is 73.8 Å². The van der Waals surface area contributed by atoms with E-state index >= 15 is 0 Å². The number of hydrogen-bond acceptors (Lipinski definition) is 4. The smallest absolute Gasteiger partial charge is 0.244 e. The van der Waals surface area contributed by atoms with Crippen LogP contribution >= 0.6 is 0 Å². The van der Waals surface area contributed by atoms with E-state index in [9.17, 15) is 14.4 Å². The quantitative estimate of drug-likeness (QED) is 0.614. The van der Waals surface area contributed by atoms with Crippen LogP contribution in [0.4, 0.5) is 0 Å². The molecule has 114 valence electrons. The van der Waals surface area contributed by atoms with Crippen molar-refractivity contribution in [2.45, 2.75) is 31.8 Å². The summed E-state index contributed by atoms with van der Waals surface area (Å²) in [6.45, 7) is 1.91. The lowest BCUT2D eigenvalue weighted by atomic mass is 10.3. The molecule has 2 N–H and O–H groups in total. The van der Waals surface area contributed by atoms with Crippen LogP contribution in [-0.2, 0) is 14.4 Å². The molecule has 0 radical (unpaired) electrons. The van der Waals surface area contributed by atoms with Gasteiger partial charge in [-0.25, -0.2) is 0 Å². The first-order chi connectivity index (χ1) is 9.29. The Hall–Kier alpha value is -1.63. The average Bonchev–Trinajstić information content (AvgIpc) is 3.10. The van der Waals surface area contributed by atoms with Gasteiger partial charge in [-0.3, -0.25) is 19.3 Å². The molecule has 1 aliphatic carbocycles. The highest BCUT2D eigenvalue weighted by Gasteiger charge is 2.24. The monoisotopic (exact) mass is 284 g/mol. The van der Waals surface area contributed by atoms with Crippen molar-refractivity contribution in [3.8, 4) is 0 Å². The van der Waals surface area contributed by atoms with Gasteiger partial charge in [0.1, 0.15) is 6.04 Å². The molecule has 0 aromatic heterocycles. The van der Waals surface area contributed by atoms with Crippen molar-refractivity contribution in [3.05, 3.63) is 0 Å². The van der Waals surface area contributed by atoms with Gasteiger partial charge < -0.3 is 15.5 Å². The van der Waals surface area contributed by atoms with Crippen molar-refractivity contribution in [3.63, 3.8) is 0 Å². The Morgan fingerprint density at radius 2 is 1.65 bits per heavy atom. The standard InChI is InChI=1S/C13H24N4O3/c1-9(13(20)16(2)3)14-11(18)7-17(4)8-12(19)15-10-5-6-10/h9-10H,5-8H2,1-4H3,(H,14,18)(H,15,19). The van der Waals surface area contributed by atoms with Gasteiger partial charge in [-0.1, -0.05) is 0 Å². The van der Waals surface area contributed by atoms with E-state index in [1.54, 1.807) is 33.0 Å². The fourth-order valence-electron chi connectivity index (χ4n) is 1.78. The number of hydrogen-bond donors (Lipinski definition) is 2. The van der Waals surface area contributed by atoms with Gasteiger partial charge in [-0.05, 0) is 26.8 Å². The highest BCUT2D eigenvalue weighted by molar-refractivity contribution is 5.88. The summed E-state index contributed by atoms with van der Waals surface area (Å²) in [5.74, 6) is -0.498. The summed E-state index contributed by atoms with van der Waals surface area (Å²) in [4.78, 5) is 38.0. The molecule has 1 fully saturated rings. The lowest BCUT2D eigenvalue weighted by molar-refractivity contribution is -0.134. The molecule has 1 rings (SSSR count). The second-order valence-corrected chi connectivity index (χ2v) is 5.54. The van der Waals surface area contributed by atoms with Crippen molar-refractivity contribution < 1.29 is 14.4 Å². The molecule has 1 unspecified atom stereocenters. The molecular weight excluding hydrogens is 260 g/mol. The Morgan fingerprint density at radius 3 is 2.15 bits per heavy atom. The fraction of sp³-hybridized carbons (Fsp3) is 0.769. The summed E-state index contributed by atoms with van der Waals surface area (Å²) in [5.41, 5.74) is 0. The molecular formula is C13H24N4O3. The van der Waals surface area contributed by atoms with Gasteiger partial charge in [-0.15, -0.1) is 0 Å². The second kappa shape index (κ2) is 7.23. The maximum Gasteiger partial charge on any atom is 0.244 e. The minimum atomic E-state index is -0.564. The van der Waals surface area contributed by atoms with E-state index in [4.69, 9.17) is 0 Å². The van der Waals surface area contributed by atoms with Gasteiger partial charge in [0.2, 0.25) is 17.7 Å². The Kier molecular flexibility index (Phi) is 5.94. The first-order valence-electron chi connectivity index (χ1n) is 6.78. The molecule has 0 aliphatic heterocycles. The largest absolute Gasteiger partial charge is 0.352 e. The average molecular weight is 284 g/mol. The molecule has 1 aliphatic rings. The highest BCUT2D eigenvalue weighted by atomic mass is 16.2. The van der Waals surface area contributed by atoms with Crippen molar-refractivity contribution in [2.24, 2.45) is 0 Å². The number of carbonyl (C=O) groups excluding carboxylic acids is 3. The normalized spacial score (nSPS) is 15.7. The Labute approximate surface area is 119 Å². The van der Waals surface area contributed by atoms with Crippen LogP contribution in [0.15, 0.2) is 0 Å². The molecule has 0 aromatic rings. The molecule has 0 bridgehead atoms. The number of amides is 3. The molecule has 0 aromatic carbocycles. The number of carbonyl (C=O) groups is 3. The summed E-state index contributed by atoms with van der Waals surface area (Å²) in [7, 11) is 4.98. The summed E-state index contributed by atoms with van der Waals surface area (Å²) in [5, 5.41) is 5.47. The molecule has 7 heteroatoms. The van der Waals surface area contributed by atoms with Crippen LogP contribution in [0.1, 0.15) is 19.8 Å². The zero-order chi connectivity index (χ0) is 15.3. The van der Waals surface area contributed by atoms with Crippen LogP contribution in [0.3, 0.4) is 0 Å². The van der Waals surface area contributed by atoms with Gasteiger partial charge in [0.05, 0.1) is 13.1 Å². The molecule has 1 saturated carbocycles. The van der Waals surface area contributed by atoms with Crippen LogP contribution in [0.25, 0.3) is 0 Å². The fourth-order valence-corrected chi connectivity index (χ4v) is 1.78. The van der Waals surface area contributed by atoms with E-state index in [0.717, 1.165) is 12.8 Å². The van der Waals surface area contributed by atoms with Crippen LogP contribution in [0.5, 0.6) is 0 Å². The second-order valence-electron chi connectivity index (χ2n) is 5.54. The van der Waals surface area contributed by atoms with Gasteiger partial charge in [0.25, 0.3) is 0 Å². The van der Waals surface area contributed by atoms with Crippen molar-refractivity contribution >= 4 is 17.7 Å². The van der Waals surface area contributed by atoms with Crippen LogP contribution < -0.4 is 10.6 Å². The summed E-state index contributed by atoms with van der Waals surface area (Å²) in [6.07, 6.45) is 2.08. The predicted molar refractivity (Wildman–Crippen MR) is 75.0 cm³/mol. The molecule has 1 atom stereocenters. The Bertz CT molecular complexity index is 380. The third kappa shape index (κ3) is 6.01. The van der Waals surface area contributed by atoms with Crippen molar-refractivity contribution in [1.82, 2.24) is 20.4 Å². The first kappa shape index (κ1) is 16.4. The van der Waals surface area contributed by atoms with E-state index in [1.807, 2.05) is 0 Å². The van der Waals surface area contributed by atoms with E-state index in [-0.39, 0.29) is 30.8 Å². The lowest BCUT2D eigenvalue weighted by Gasteiger charge is -2.20. The summed E-state index contributed by atoms with van der Waals surface area (Å²) >= 11 is 0. The number of nitrogens with zero attached hydrogens (tertiary/aromatic N) is 2. The number of likely N-dealkylation sites (N-methyl/N-ethyl adjacent to an activating group) is 2. The van der Waals surface area contributed by atoms with Crippen molar-refractivity contribution in [1.29, 1.82) is 0 Å². The molecule has 0 saturated heterocycles. The van der Waals surface area contributed by atoms with Gasteiger partial charge in [0.15, 0.2) is 0 Å². The maximum absolute atomic E-state index is 11.8. The van der Waals surface area contributed by atoms with Crippen LogP contribution in [0, 0.1) is 0 Å². The lowest BCUT2D eigenvalue weighted by Crippen LogP contribution is -2.48. The molecule has 0 spiro atoms. The molecule has 20 heavy (non-hydrogen) atoms. The summed E-state index contributed by atoms with van der Waals surface area (Å²) < 4.78 is 0. The zero-order valence-corrected chi connectivity index (χ0v) is 12.6. The molecule has 0 heterocycles. The van der Waals surface area contributed by atoms with E-state index in [1.165, 1.54) is 4.90 Å². The topological polar surface area (TPSA) is 81.8 Å². The number of rotatable bonds is 7. The third-order valence-electron chi connectivity index (χ3n) is 2.96. The number of nitrogens with one attached hydrogen (secondary N) is 2.